The lowest BCUT2D eigenvalue weighted by Gasteiger charge is -2.29. The Morgan fingerprint density at radius 2 is 2.03 bits per heavy atom. The van der Waals surface area contributed by atoms with E-state index in [0.717, 1.165) is 26.5 Å². The van der Waals surface area contributed by atoms with Crippen LogP contribution in [0.2, 0.25) is 0 Å². The second-order valence-corrected chi connectivity index (χ2v) is 8.26. The molecule has 2 aliphatic heterocycles. The number of para-hydroxylation sites is 1. The first-order valence-corrected chi connectivity index (χ1v) is 10.3. The molecule has 1 atom stereocenters. The van der Waals surface area contributed by atoms with Crippen molar-refractivity contribution < 1.29 is 14.4 Å². The number of hydrogen-bond donors (Lipinski definition) is 2. The smallest absolute Gasteiger partial charge is 0.255 e. The van der Waals surface area contributed by atoms with Crippen molar-refractivity contribution in [2.24, 2.45) is 0 Å². The molecule has 0 saturated carbocycles. The first-order valence-electron chi connectivity index (χ1n) is 9.44. The van der Waals surface area contributed by atoms with Gasteiger partial charge in [-0.15, -0.1) is 0 Å². The van der Waals surface area contributed by atoms with E-state index in [-0.39, 0.29) is 24.1 Å². The zero-order valence-electron chi connectivity index (χ0n) is 15.5. The quantitative estimate of drug-likeness (QED) is 0.650. The van der Waals surface area contributed by atoms with Gasteiger partial charge in [0, 0.05) is 25.1 Å². The van der Waals surface area contributed by atoms with Crippen LogP contribution in [0.4, 0.5) is 5.13 Å². The second-order valence-electron chi connectivity index (χ2n) is 7.23. The summed E-state index contributed by atoms with van der Waals surface area (Å²) in [7, 11) is 0. The molecule has 2 N–H and O–H groups in total. The Bertz CT molecular complexity index is 1120. The van der Waals surface area contributed by atoms with Gasteiger partial charge < -0.3 is 10.2 Å². The van der Waals surface area contributed by atoms with Crippen LogP contribution in [0, 0.1) is 0 Å². The summed E-state index contributed by atoms with van der Waals surface area (Å²) in [5.74, 6) is -0.824. The molecular formula is C21H18N4O3S. The molecule has 0 bridgehead atoms. The maximum absolute atomic E-state index is 12.9. The van der Waals surface area contributed by atoms with E-state index in [1.165, 1.54) is 0 Å². The van der Waals surface area contributed by atoms with Crippen LogP contribution in [0.15, 0.2) is 42.5 Å². The number of hydrogen-bond acceptors (Lipinski definition) is 6. The average Bonchev–Trinajstić information content (AvgIpc) is 3.27. The molecule has 1 unspecified atom stereocenters. The summed E-state index contributed by atoms with van der Waals surface area (Å²) >= 11 is 1.59. The SMILES string of the molecule is O=C1CCC(N2Cc3ccc(CNc4nc5ccccc5s4)cc3C2=O)C(=O)N1. The van der Waals surface area contributed by atoms with E-state index in [0.29, 0.717) is 25.1 Å². The summed E-state index contributed by atoms with van der Waals surface area (Å²) < 4.78 is 1.12. The largest absolute Gasteiger partial charge is 0.357 e. The van der Waals surface area contributed by atoms with E-state index >= 15 is 0 Å². The molecule has 1 fully saturated rings. The Morgan fingerprint density at radius 3 is 2.86 bits per heavy atom. The summed E-state index contributed by atoms with van der Waals surface area (Å²) in [4.78, 5) is 42.6. The van der Waals surface area contributed by atoms with Crippen molar-refractivity contribution >= 4 is 44.4 Å². The van der Waals surface area contributed by atoms with Crippen molar-refractivity contribution in [1.29, 1.82) is 0 Å². The third-order valence-electron chi connectivity index (χ3n) is 5.33. The molecule has 3 amide bonds. The Balaban J connectivity index is 1.31. The standard InChI is InChI=1S/C21H18N4O3S/c26-18-8-7-16(19(27)24-18)25-11-13-6-5-12(9-14(13)20(25)28)10-22-21-23-15-3-1-2-4-17(15)29-21/h1-6,9,16H,7-8,10-11H2,(H,22,23)(H,24,26,27). The summed E-state index contributed by atoms with van der Waals surface area (Å²) in [6.45, 7) is 0.949. The molecule has 3 heterocycles. The minimum Gasteiger partial charge on any atom is -0.357 e. The van der Waals surface area contributed by atoms with Crippen LogP contribution in [0.5, 0.6) is 0 Å². The van der Waals surface area contributed by atoms with Gasteiger partial charge >= 0.3 is 0 Å². The van der Waals surface area contributed by atoms with E-state index in [1.54, 1.807) is 16.2 Å². The Kier molecular flexibility index (Phi) is 4.28. The van der Waals surface area contributed by atoms with Gasteiger partial charge in [0.2, 0.25) is 11.8 Å². The van der Waals surface area contributed by atoms with Gasteiger partial charge in [-0.2, -0.15) is 0 Å². The predicted octanol–water partition coefficient (Wildman–Crippen LogP) is 2.67. The summed E-state index contributed by atoms with van der Waals surface area (Å²) in [6, 6.07) is 13.2. The number of imide groups is 1. The lowest BCUT2D eigenvalue weighted by Crippen LogP contribution is -2.52. The van der Waals surface area contributed by atoms with Gasteiger partial charge in [-0.3, -0.25) is 19.7 Å². The number of benzene rings is 2. The van der Waals surface area contributed by atoms with Crippen LogP contribution in [-0.2, 0) is 22.7 Å². The number of nitrogens with zero attached hydrogens (tertiary/aromatic N) is 2. The van der Waals surface area contributed by atoms with Crippen molar-refractivity contribution in [3.8, 4) is 0 Å². The van der Waals surface area contributed by atoms with E-state index < -0.39 is 6.04 Å². The molecule has 3 aromatic rings. The third kappa shape index (κ3) is 3.25. The molecule has 2 aromatic carbocycles. The van der Waals surface area contributed by atoms with Crippen molar-refractivity contribution in [2.45, 2.75) is 32.0 Å². The average molecular weight is 406 g/mol. The van der Waals surface area contributed by atoms with Crippen molar-refractivity contribution in [1.82, 2.24) is 15.2 Å². The number of aromatic nitrogens is 1. The number of carbonyl (C=O) groups excluding carboxylic acids is 3. The summed E-state index contributed by atoms with van der Waals surface area (Å²) in [6.07, 6.45) is 0.629. The zero-order chi connectivity index (χ0) is 20.0. The molecule has 0 aliphatic carbocycles. The fourth-order valence-corrected chi connectivity index (χ4v) is 4.70. The van der Waals surface area contributed by atoms with Crippen LogP contribution in [0.25, 0.3) is 10.2 Å². The molecule has 2 aliphatic rings. The lowest BCUT2D eigenvalue weighted by molar-refractivity contribution is -0.136. The van der Waals surface area contributed by atoms with Crippen molar-refractivity contribution in [3.63, 3.8) is 0 Å². The van der Waals surface area contributed by atoms with Crippen LogP contribution >= 0.6 is 11.3 Å². The number of thiazole rings is 1. The predicted molar refractivity (Wildman–Crippen MR) is 109 cm³/mol. The number of amides is 3. The Hall–Kier alpha value is -3.26. The van der Waals surface area contributed by atoms with Gasteiger partial charge in [0.05, 0.1) is 10.2 Å². The number of piperidine rings is 1. The summed E-state index contributed by atoms with van der Waals surface area (Å²) in [5, 5.41) is 6.49. The highest BCUT2D eigenvalue weighted by Gasteiger charge is 2.39. The van der Waals surface area contributed by atoms with E-state index in [1.807, 2.05) is 42.5 Å². The highest BCUT2D eigenvalue weighted by Crippen LogP contribution is 2.29. The molecule has 1 aromatic heterocycles. The molecule has 0 radical (unpaired) electrons. The number of anilines is 1. The van der Waals surface area contributed by atoms with Crippen LogP contribution in [-0.4, -0.2) is 33.6 Å². The molecule has 146 valence electrons. The minimum absolute atomic E-state index is 0.156. The maximum atomic E-state index is 12.9. The van der Waals surface area contributed by atoms with Gasteiger partial charge in [0.15, 0.2) is 5.13 Å². The zero-order valence-corrected chi connectivity index (χ0v) is 16.3. The van der Waals surface area contributed by atoms with Gasteiger partial charge in [-0.25, -0.2) is 4.98 Å². The third-order valence-corrected chi connectivity index (χ3v) is 6.32. The second kappa shape index (κ2) is 6.97. The fraction of sp³-hybridized carbons (Fsp3) is 0.238. The molecular weight excluding hydrogens is 388 g/mol. The Labute approximate surface area is 170 Å². The highest BCUT2D eigenvalue weighted by atomic mass is 32.1. The highest BCUT2D eigenvalue weighted by molar-refractivity contribution is 7.22. The van der Waals surface area contributed by atoms with Gasteiger partial charge in [0.1, 0.15) is 6.04 Å². The van der Waals surface area contributed by atoms with E-state index in [9.17, 15) is 14.4 Å². The number of fused-ring (bicyclic) bond motifs is 2. The normalized spacial score (nSPS) is 18.8. The first-order chi connectivity index (χ1) is 14.1. The van der Waals surface area contributed by atoms with E-state index in [4.69, 9.17) is 0 Å². The Morgan fingerprint density at radius 1 is 1.17 bits per heavy atom. The van der Waals surface area contributed by atoms with Crippen molar-refractivity contribution in [3.05, 3.63) is 59.2 Å². The van der Waals surface area contributed by atoms with E-state index in [2.05, 4.69) is 15.6 Å². The van der Waals surface area contributed by atoms with Gasteiger partial charge in [-0.1, -0.05) is 35.6 Å². The van der Waals surface area contributed by atoms with Gasteiger partial charge in [0.25, 0.3) is 5.91 Å². The van der Waals surface area contributed by atoms with Crippen LogP contribution < -0.4 is 10.6 Å². The summed E-state index contributed by atoms with van der Waals surface area (Å²) in [5.41, 5.74) is 3.47. The van der Waals surface area contributed by atoms with Crippen molar-refractivity contribution in [2.75, 3.05) is 5.32 Å². The topological polar surface area (TPSA) is 91.4 Å². The van der Waals surface area contributed by atoms with Crippen LogP contribution in [0.1, 0.15) is 34.3 Å². The lowest BCUT2D eigenvalue weighted by atomic mass is 10.0. The first kappa shape index (κ1) is 17.8. The minimum atomic E-state index is -0.586. The number of rotatable bonds is 4. The fourth-order valence-electron chi connectivity index (χ4n) is 3.84. The number of carbonyl (C=O) groups is 3. The molecule has 0 spiro atoms. The molecule has 8 heteroatoms. The molecule has 7 nitrogen and oxygen atoms in total. The molecule has 1 saturated heterocycles. The molecule has 29 heavy (non-hydrogen) atoms. The number of nitrogens with one attached hydrogen (secondary N) is 2. The molecule has 5 rings (SSSR count). The monoisotopic (exact) mass is 406 g/mol. The van der Waals surface area contributed by atoms with Crippen LogP contribution in [0.3, 0.4) is 0 Å². The van der Waals surface area contributed by atoms with Gasteiger partial charge in [-0.05, 0) is 35.7 Å². The maximum Gasteiger partial charge on any atom is 0.255 e.